The minimum absolute atomic E-state index is 0.0917. The first-order valence-electron chi connectivity index (χ1n) is 5.08. The van der Waals surface area contributed by atoms with Crippen molar-refractivity contribution in [2.24, 2.45) is 7.05 Å². The Morgan fingerprint density at radius 3 is 2.71 bits per heavy atom. The standard InChI is InChI=1S/C11H12N4O2/c1-8-7-9(15(16)17)3-4-10(8)12-11-5-6-14(2)13-11/h3-7H,1-2H3,(H,12,13). The van der Waals surface area contributed by atoms with E-state index in [1.165, 1.54) is 12.1 Å². The third-order valence-electron chi connectivity index (χ3n) is 2.40. The molecule has 0 aliphatic carbocycles. The fourth-order valence-electron chi connectivity index (χ4n) is 1.52. The van der Waals surface area contributed by atoms with Gasteiger partial charge in [-0.1, -0.05) is 0 Å². The predicted molar refractivity (Wildman–Crippen MR) is 64.3 cm³/mol. The number of hydrogen-bond donors (Lipinski definition) is 1. The average molecular weight is 232 g/mol. The summed E-state index contributed by atoms with van der Waals surface area (Å²) in [5, 5.41) is 17.9. The topological polar surface area (TPSA) is 73.0 Å². The first-order chi connectivity index (χ1) is 8.06. The Hall–Kier alpha value is -2.37. The van der Waals surface area contributed by atoms with E-state index in [1.807, 2.05) is 26.2 Å². The molecule has 0 saturated heterocycles. The van der Waals surface area contributed by atoms with Crippen molar-refractivity contribution in [1.82, 2.24) is 9.78 Å². The van der Waals surface area contributed by atoms with E-state index in [0.29, 0.717) is 5.82 Å². The van der Waals surface area contributed by atoms with Crippen LogP contribution >= 0.6 is 0 Å². The van der Waals surface area contributed by atoms with Crippen LogP contribution in [0.2, 0.25) is 0 Å². The highest BCUT2D eigenvalue weighted by Gasteiger charge is 2.08. The molecule has 1 N–H and O–H groups in total. The Balaban J connectivity index is 2.25. The lowest BCUT2D eigenvalue weighted by molar-refractivity contribution is -0.384. The average Bonchev–Trinajstić information content (AvgIpc) is 2.67. The van der Waals surface area contributed by atoms with Gasteiger partial charge in [0, 0.05) is 37.1 Å². The molecule has 1 heterocycles. The first kappa shape index (κ1) is 11.1. The second kappa shape index (κ2) is 4.25. The van der Waals surface area contributed by atoms with Gasteiger partial charge in [0.2, 0.25) is 0 Å². The van der Waals surface area contributed by atoms with E-state index in [4.69, 9.17) is 0 Å². The zero-order valence-corrected chi connectivity index (χ0v) is 9.54. The summed E-state index contributed by atoms with van der Waals surface area (Å²) >= 11 is 0. The van der Waals surface area contributed by atoms with E-state index < -0.39 is 4.92 Å². The maximum atomic E-state index is 10.6. The number of benzene rings is 1. The van der Waals surface area contributed by atoms with Gasteiger partial charge in [-0.3, -0.25) is 14.8 Å². The summed E-state index contributed by atoms with van der Waals surface area (Å²) in [6, 6.07) is 6.52. The second-order valence-electron chi connectivity index (χ2n) is 3.76. The zero-order valence-electron chi connectivity index (χ0n) is 9.54. The van der Waals surface area contributed by atoms with Crippen molar-refractivity contribution >= 4 is 17.2 Å². The summed E-state index contributed by atoms with van der Waals surface area (Å²) in [5.41, 5.74) is 1.72. The smallest absolute Gasteiger partial charge is 0.269 e. The summed E-state index contributed by atoms with van der Waals surface area (Å²) in [6.07, 6.45) is 1.82. The maximum Gasteiger partial charge on any atom is 0.269 e. The number of hydrogen-bond acceptors (Lipinski definition) is 4. The van der Waals surface area contributed by atoms with Crippen LogP contribution in [0.15, 0.2) is 30.5 Å². The molecular weight excluding hydrogens is 220 g/mol. The number of aryl methyl sites for hydroxylation is 2. The quantitative estimate of drug-likeness (QED) is 0.651. The molecule has 2 rings (SSSR count). The second-order valence-corrected chi connectivity index (χ2v) is 3.76. The van der Waals surface area contributed by atoms with E-state index in [9.17, 15) is 10.1 Å². The molecule has 0 saturated carbocycles. The monoisotopic (exact) mass is 232 g/mol. The van der Waals surface area contributed by atoms with E-state index >= 15 is 0 Å². The SMILES string of the molecule is Cc1cc([N+](=O)[O-])ccc1Nc1ccn(C)n1. The molecule has 0 radical (unpaired) electrons. The molecule has 0 spiro atoms. The Bertz CT molecular complexity index is 562. The first-order valence-corrected chi connectivity index (χ1v) is 5.08. The van der Waals surface area contributed by atoms with Crippen LogP contribution in [-0.4, -0.2) is 14.7 Å². The van der Waals surface area contributed by atoms with Gasteiger partial charge >= 0.3 is 0 Å². The zero-order chi connectivity index (χ0) is 12.4. The summed E-state index contributed by atoms with van der Waals surface area (Å²) in [4.78, 5) is 10.2. The number of nitrogens with one attached hydrogen (secondary N) is 1. The molecule has 6 heteroatoms. The lowest BCUT2D eigenvalue weighted by Crippen LogP contribution is -1.97. The molecule has 6 nitrogen and oxygen atoms in total. The molecule has 1 aromatic carbocycles. The number of rotatable bonds is 3. The fraction of sp³-hybridized carbons (Fsp3) is 0.182. The minimum Gasteiger partial charge on any atom is -0.339 e. The van der Waals surface area contributed by atoms with Crippen LogP contribution in [0.4, 0.5) is 17.2 Å². The van der Waals surface area contributed by atoms with Crippen LogP contribution in [-0.2, 0) is 7.05 Å². The third-order valence-corrected chi connectivity index (χ3v) is 2.40. The van der Waals surface area contributed by atoms with Crippen LogP contribution in [0.3, 0.4) is 0 Å². The van der Waals surface area contributed by atoms with Gasteiger partial charge in [0.05, 0.1) is 4.92 Å². The number of aromatic nitrogens is 2. The van der Waals surface area contributed by atoms with Crippen molar-refractivity contribution in [3.63, 3.8) is 0 Å². The Labute approximate surface area is 98.0 Å². The highest BCUT2D eigenvalue weighted by molar-refractivity contribution is 5.62. The highest BCUT2D eigenvalue weighted by Crippen LogP contribution is 2.23. The molecule has 2 aromatic rings. The number of non-ortho nitro benzene ring substituents is 1. The number of nitro groups is 1. The Morgan fingerprint density at radius 2 is 2.18 bits per heavy atom. The largest absolute Gasteiger partial charge is 0.339 e. The molecule has 17 heavy (non-hydrogen) atoms. The van der Waals surface area contributed by atoms with Gasteiger partial charge in [-0.15, -0.1) is 0 Å². The number of nitrogens with zero attached hydrogens (tertiary/aromatic N) is 3. The van der Waals surface area contributed by atoms with Gasteiger partial charge in [0.25, 0.3) is 5.69 Å². The van der Waals surface area contributed by atoms with Crippen molar-refractivity contribution in [3.8, 4) is 0 Å². The molecule has 0 aliphatic rings. The van der Waals surface area contributed by atoms with Crippen molar-refractivity contribution in [2.45, 2.75) is 6.92 Å². The Kier molecular flexibility index (Phi) is 2.78. The predicted octanol–water partition coefficient (Wildman–Crippen LogP) is 2.38. The molecule has 0 aliphatic heterocycles. The van der Waals surface area contributed by atoms with Crippen LogP contribution < -0.4 is 5.32 Å². The van der Waals surface area contributed by atoms with Crippen LogP contribution in [0.25, 0.3) is 0 Å². The lowest BCUT2D eigenvalue weighted by atomic mass is 10.2. The normalized spacial score (nSPS) is 10.2. The molecular formula is C11H12N4O2. The van der Waals surface area contributed by atoms with Crippen LogP contribution in [0.1, 0.15) is 5.56 Å². The lowest BCUT2D eigenvalue weighted by Gasteiger charge is -2.06. The molecule has 0 amide bonds. The van der Waals surface area contributed by atoms with Gasteiger partial charge in [-0.25, -0.2) is 0 Å². The fourth-order valence-corrected chi connectivity index (χ4v) is 1.52. The maximum absolute atomic E-state index is 10.6. The molecule has 0 fully saturated rings. The summed E-state index contributed by atoms with van der Waals surface area (Å²) in [5.74, 6) is 0.712. The van der Waals surface area contributed by atoms with Crippen LogP contribution in [0.5, 0.6) is 0 Å². The van der Waals surface area contributed by atoms with E-state index in [-0.39, 0.29) is 5.69 Å². The van der Waals surface area contributed by atoms with Crippen molar-refractivity contribution in [2.75, 3.05) is 5.32 Å². The van der Waals surface area contributed by atoms with Crippen molar-refractivity contribution in [3.05, 3.63) is 46.1 Å². The Morgan fingerprint density at radius 1 is 1.41 bits per heavy atom. The molecule has 0 atom stereocenters. The van der Waals surface area contributed by atoms with Gasteiger partial charge < -0.3 is 5.32 Å². The highest BCUT2D eigenvalue weighted by atomic mass is 16.6. The van der Waals surface area contributed by atoms with Crippen LogP contribution in [0, 0.1) is 17.0 Å². The minimum atomic E-state index is -0.405. The molecule has 1 aromatic heterocycles. The number of anilines is 2. The van der Waals surface area contributed by atoms with Gasteiger partial charge in [0.1, 0.15) is 0 Å². The van der Waals surface area contributed by atoms with Gasteiger partial charge in [-0.2, -0.15) is 5.10 Å². The third kappa shape index (κ3) is 2.41. The summed E-state index contributed by atoms with van der Waals surface area (Å²) < 4.78 is 1.68. The van der Waals surface area contributed by atoms with Gasteiger partial charge in [-0.05, 0) is 18.6 Å². The van der Waals surface area contributed by atoms with Crippen molar-refractivity contribution < 1.29 is 4.92 Å². The van der Waals surface area contributed by atoms with E-state index in [2.05, 4.69) is 10.4 Å². The van der Waals surface area contributed by atoms with Gasteiger partial charge in [0.15, 0.2) is 5.82 Å². The van der Waals surface area contributed by atoms with E-state index in [0.717, 1.165) is 11.3 Å². The van der Waals surface area contributed by atoms with E-state index in [1.54, 1.807) is 10.7 Å². The molecule has 0 bridgehead atoms. The molecule has 0 unspecified atom stereocenters. The summed E-state index contributed by atoms with van der Waals surface area (Å²) in [6.45, 7) is 1.82. The van der Waals surface area contributed by atoms with Crippen molar-refractivity contribution in [1.29, 1.82) is 0 Å². The summed E-state index contributed by atoms with van der Waals surface area (Å²) in [7, 11) is 1.83. The molecule has 88 valence electrons. The number of nitro benzene ring substituents is 1.